The lowest BCUT2D eigenvalue weighted by atomic mass is 10.1. The van der Waals surface area contributed by atoms with E-state index in [1.54, 1.807) is 12.1 Å². The molecule has 0 bridgehead atoms. The van der Waals surface area contributed by atoms with Gasteiger partial charge < -0.3 is 15.0 Å². The smallest absolute Gasteiger partial charge is 0.228 e. The average molecular weight is 317 g/mol. The summed E-state index contributed by atoms with van der Waals surface area (Å²) in [7, 11) is 2.03. The third kappa shape index (κ3) is 3.34. The van der Waals surface area contributed by atoms with Gasteiger partial charge >= 0.3 is 0 Å². The summed E-state index contributed by atoms with van der Waals surface area (Å²) >= 11 is 5.93. The van der Waals surface area contributed by atoms with Crippen molar-refractivity contribution in [3.05, 3.63) is 53.1 Å². The van der Waals surface area contributed by atoms with Crippen LogP contribution in [0.3, 0.4) is 0 Å². The van der Waals surface area contributed by atoms with E-state index in [4.69, 9.17) is 16.3 Å². The molecule has 3 rings (SSSR count). The van der Waals surface area contributed by atoms with Gasteiger partial charge in [-0.15, -0.1) is 0 Å². The fraction of sp³-hybridized carbons (Fsp3) is 0.235. The highest BCUT2D eigenvalue weighted by atomic mass is 35.5. The Balaban J connectivity index is 1.69. The summed E-state index contributed by atoms with van der Waals surface area (Å²) in [5.74, 6) is 0.723. The molecule has 0 saturated heterocycles. The number of rotatable bonds is 3. The SMILES string of the molecule is CN1CCOc2cc(NC(=O)Cc3cccc(Cl)c3)ccc21. The number of ether oxygens (including phenoxy) is 1. The largest absolute Gasteiger partial charge is 0.489 e. The highest BCUT2D eigenvalue weighted by Gasteiger charge is 2.15. The highest BCUT2D eigenvalue weighted by molar-refractivity contribution is 6.30. The normalized spacial score (nSPS) is 13.3. The van der Waals surface area contributed by atoms with Gasteiger partial charge in [-0.1, -0.05) is 23.7 Å². The number of carbonyl (C=O) groups excluding carboxylic acids is 1. The van der Waals surface area contributed by atoms with E-state index in [1.165, 1.54) is 0 Å². The number of anilines is 2. The van der Waals surface area contributed by atoms with E-state index >= 15 is 0 Å². The molecule has 22 heavy (non-hydrogen) atoms. The van der Waals surface area contributed by atoms with Gasteiger partial charge in [0.15, 0.2) is 0 Å². The number of hydrogen-bond acceptors (Lipinski definition) is 3. The molecule has 114 valence electrons. The summed E-state index contributed by atoms with van der Waals surface area (Å²) in [4.78, 5) is 14.3. The maximum atomic E-state index is 12.1. The molecule has 1 N–H and O–H groups in total. The van der Waals surface area contributed by atoms with Crippen LogP contribution in [0.25, 0.3) is 0 Å². The third-order valence-electron chi connectivity index (χ3n) is 3.59. The number of fused-ring (bicyclic) bond motifs is 1. The van der Waals surface area contributed by atoms with Crippen molar-refractivity contribution in [1.82, 2.24) is 0 Å². The summed E-state index contributed by atoms with van der Waals surface area (Å²) in [6.45, 7) is 1.52. The quantitative estimate of drug-likeness (QED) is 0.944. The molecule has 1 amide bonds. The van der Waals surface area contributed by atoms with E-state index in [9.17, 15) is 4.79 Å². The number of likely N-dealkylation sites (N-methyl/N-ethyl adjacent to an activating group) is 1. The van der Waals surface area contributed by atoms with Crippen LogP contribution >= 0.6 is 11.6 Å². The lowest BCUT2D eigenvalue weighted by molar-refractivity contribution is -0.115. The third-order valence-corrected chi connectivity index (χ3v) is 3.83. The van der Waals surface area contributed by atoms with Crippen molar-refractivity contribution in [3.8, 4) is 5.75 Å². The number of halogens is 1. The molecule has 2 aromatic carbocycles. The van der Waals surface area contributed by atoms with Gasteiger partial charge in [0.25, 0.3) is 0 Å². The zero-order valence-corrected chi connectivity index (χ0v) is 13.1. The second-order valence-corrected chi connectivity index (χ2v) is 5.74. The van der Waals surface area contributed by atoms with E-state index in [1.807, 2.05) is 37.4 Å². The second kappa shape index (κ2) is 6.28. The molecule has 5 heteroatoms. The van der Waals surface area contributed by atoms with E-state index in [0.29, 0.717) is 18.1 Å². The van der Waals surface area contributed by atoms with Crippen molar-refractivity contribution < 1.29 is 9.53 Å². The molecule has 2 aromatic rings. The van der Waals surface area contributed by atoms with E-state index < -0.39 is 0 Å². The fourth-order valence-electron chi connectivity index (χ4n) is 2.47. The summed E-state index contributed by atoms with van der Waals surface area (Å²) in [6, 6.07) is 13.0. The lowest BCUT2D eigenvalue weighted by Gasteiger charge is -2.27. The Morgan fingerprint density at radius 1 is 1.32 bits per heavy atom. The maximum absolute atomic E-state index is 12.1. The number of benzene rings is 2. The number of nitrogens with zero attached hydrogens (tertiary/aromatic N) is 1. The van der Waals surface area contributed by atoms with Crippen LogP contribution in [0.1, 0.15) is 5.56 Å². The Hall–Kier alpha value is -2.20. The molecular weight excluding hydrogens is 300 g/mol. The van der Waals surface area contributed by atoms with Crippen LogP contribution in [0.15, 0.2) is 42.5 Å². The van der Waals surface area contributed by atoms with E-state index in [2.05, 4.69) is 10.2 Å². The summed E-state index contributed by atoms with van der Waals surface area (Å²) in [5.41, 5.74) is 2.67. The average Bonchev–Trinajstić information content (AvgIpc) is 2.47. The van der Waals surface area contributed by atoms with Crippen molar-refractivity contribution in [2.75, 3.05) is 30.4 Å². The van der Waals surface area contributed by atoms with E-state index in [-0.39, 0.29) is 5.91 Å². The molecule has 0 spiro atoms. The predicted molar refractivity (Wildman–Crippen MR) is 89.0 cm³/mol. The van der Waals surface area contributed by atoms with Gasteiger partial charge in [-0.25, -0.2) is 0 Å². The van der Waals surface area contributed by atoms with Gasteiger partial charge in [-0.3, -0.25) is 4.79 Å². The first-order valence-electron chi connectivity index (χ1n) is 7.14. The molecule has 0 unspecified atom stereocenters. The molecule has 0 atom stereocenters. The lowest BCUT2D eigenvalue weighted by Crippen LogP contribution is -2.28. The zero-order chi connectivity index (χ0) is 15.5. The van der Waals surface area contributed by atoms with Crippen LogP contribution in [0, 0.1) is 0 Å². The van der Waals surface area contributed by atoms with Crippen LogP contribution in [-0.2, 0) is 11.2 Å². The molecular formula is C17H17ClN2O2. The molecule has 1 aliphatic heterocycles. The first-order chi connectivity index (χ1) is 10.6. The van der Waals surface area contributed by atoms with Gasteiger partial charge in [0, 0.05) is 23.8 Å². The summed E-state index contributed by atoms with van der Waals surface area (Å²) < 4.78 is 5.64. The topological polar surface area (TPSA) is 41.6 Å². The van der Waals surface area contributed by atoms with Crippen LogP contribution in [-0.4, -0.2) is 26.1 Å². The van der Waals surface area contributed by atoms with Crippen LogP contribution in [0.4, 0.5) is 11.4 Å². The minimum Gasteiger partial charge on any atom is -0.489 e. The van der Waals surface area contributed by atoms with Gasteiger partial charge in [0.05, 0.1) is 18.7 Å². The van der Waals surface area contributed by atoms with Gasteiger partial charge in [-0.2, -0.15) is 0 Å². The minimum absolute atomic E-state index is 0.0774. The minimum atomic E-state index is -0.0774. The fourth-order valence-corrected chi connectivity index (χ4v) is 2.69. The molecule has 1 aliphatic rings. The van der Waals surface area contributed by atoms with Crippen LogP contribution < -0.4 is 15.0 Å². The van der Waals surface area contributed by atoms with Gasteiger partial charge in [0.2, 0.25) is 5.91 Å². The number of hydrogen-bond donors (Lipinski definition) is 1. The predicted octanol–water partition coefficient (Wildman–Crippen LogP) is 3.35. The first kappa shape index (κ1) is 14.7. The summed E-state index contributed by atoms with van der Waals surface area (Å²) in [5, 5.41) is 3.53. The zero-order valence-electron chi connectivity index (χ0n) is 12.3. The highest BCUT2D eigenvalue weighted by Crippen LogP contribution is 2.33. The standard InChI is InChI=1S/C17H17ClN2O2/c1-20-7-8-22-16-11-14(5-6-15(16)20)19-17(21)10-12-3-2-4-13(18)9-12/h2-6,9,11H,7-8,10H2,1H3,(H,19,21). The Bertz CT molecular complexity index is 703. The van der Waals surface area contributed by atoms with Crippen molar-refractivity contribution >= 4 is 28.9 Å². The number of amides is 1. The van der Waals surface area contributed by atoms with E-state index in [0.717, 1.165) is 29.2 Å². The Labute approximate surface area is 134 Å². The molecule has 4 nitrogen and oxygen atoms in total. The van der Waals surface area contributed by atoms with Crippen molar-refractivity contribution in [3.63, 3.8) is 0 Å². The van der Waals surface area contributed by atoms with Crippen molar-refractivity contribution in [1.29, 1.82) is 0 Å². The number of carbonyl (C=O) groups is 1. The molecule has 0 fully saturated rings. The van der Waals surface area contributed by atoms with Crippen molar-refractivity contribution in [2.24, 2.45) is 0 Å². The monoisotopic (exact) mass is 316 g/mol. The molecule has 0 aliphatic carbocycles. The Morgan fingerprint density at radius 3 is 3.00 bits per heavy atom. The number of nitrogens with one attached hydrogen (secondary N) is 1. The Morgan fingerprint density at radius 2 is 2.18 bits per heavy atom. The second-order valence-electron chi connectivity index (χ2n) is 5.31. The summed E-state index contributed by atoms with van der Waals surface area (Å²) in [6.07, 6.45) is 0.290. The van der Waals surface area contributed by atoms with Crippen LogP contribution in [0.5, 0.6) is 5.75 Å². The van der Waals surface area contributed by atoms with Gasteiger partial charge in [-0.05, 0) is 29.8 Å². The maximum Gasteiger partial charge on any atom is 0.228 e. The molecule has 0 radical (unpaired) electrons. The first-order valence-corrected chi connectivity index (χ1v) is 7.52. The Kier molecular flexibility index (Phi) is 4.20. The van der Waals surface area contributed by atoms with Gasteiger partial charge in [0.1, 0.15) is 12.4 Å². The van der Waals surface area contributed by atoms with Crippen LogP contribution in [0.2, 0.25) is 5.02 Å². The van der Waals surface area contributed by atoms with Crippen molar-refractivity contribution in [2.45, 2.75) is 6.42 Å². The molecule has 0 aromatic heterocycles. The molecule has 1 heterocycles. The molecule has 0 saturated carbocycles.